The van der Waals surface area contributed by atoms with Crippen molar-refractivity contribution in [2.24, 2.45) is 0 Å². The Morgan fingerprint density at radius 2 is 1.96 bits per heavy atom. The monoisotopic (exact) mass is 392 g/mol. The van der Waals surface area contributed by atoms with Crippen molar-refractivity contribution >= 4 is 22.5 Å². The predicted octanol–water partition coefficient (Wildman–Crippen LogP) is 3.81. The molecule has 3 aromatic rings. The number of nitrogen functional groups attached to an aromatic ring is 1. The Kier molecular flexibility index (Phi) is 5.99. The zero-order valence-corrected chi connectivity index (χ0v) is 16.6. The maximum atomic E-state index is 5.98. The van der Waals surface area contributed by atoms with Crippen LogP contribution in [0, 0.1) is 0 Å². The lowest BCUT2D eigenvalue weighted by Crippen LogP contribution is -2.26. The minimum absolute atomic E-state index is 0.540. The first-order chi connectivity index (χ1) is 13.8. The number of rotatable bonds is 6. The number of pyridine rings is 1. The summed E-state index contributed by atoms with van der Waals surface area (Å²) in [6.07, 6.45) is 8.00. The second-order valence-corrected chi connectivity index (χ2v) is 7.90. The molecule has 0 saturated heterocycles. The first-order valence-corrected chi connectivity index (χ1v) is 10.3. The SMILES string of the molecule is Nc1nc2c(s1)CCN(C/C=C/c1ncccc1OCc1ccccc1)CC2. The largest absolute Gasteiger partial charge is 0.487 e. The molecule has 1 aliphatic rings. The molecule has 0 bridgehead atoms. The minimum Gasteiger partial charge on any atom is -0.487 e. The van der Waals surface area contributed by atoms with Crippen LogP contribution in [0.15, 0.2) is 54.7 Å². The highest BCUT2D eigenvalue weighted by Crippen LogP contribution is 2.24. The summed E-state index contributed by atoms with van der Waals surface area (Å²) in [6.45, 7) is 3.45. The Morgan fingerprint density at radius 3 is 2.86 bits per heavy atom. The van der Waals surface area contributed by atoms with Gasteiger partial charge < -0.3 is 10.5 Å². The van der Waals surface area contributed by atoms with E-state index in [0.29, 0.717) is 11.7 Å². The van der Waals surface area contributed by atoms with Crippen molar-refractivity contribution in [2.45, 2.75) is 19.4 Å². The van der Waals surface area contributed by atoms with Crippen LogP contribution in [0.5, 0.6) is 5.75 Å². The van der Waals surface area contributed by atoms with Crippen LogP contribution in [0.3, 0.4) is 0 Å². The van der Waals surface area contributed by atoms with Gasteiger partial charge in [-0.1, -0.05) is 36.4 Å². The summed E-state index contributed by atoms with van der Waals surface area (Å²) in [4.78, 5) is 12.7. The molecule has 6 heteroatoms. The molecular weight excluding hydrogens is 368 g/mol. The molecule has 0 spiro atoms. The summed E-state index contributed by atoms with van der Waals surface area (Å²) in [5, 5.41) is 0.691. The van der Waals surface area contributed by atoms with Gasteiger partial charge in [0.25, 0.3) is 0 Å². The van der Waals surface area contributed by atoms with Gasteiger partial charge in [0.15, 0.2) is 5.13 Å². The fourth-order valence-electron chi connectivity index (χ4n) is 3.31. The fraction of sp³-hybridized carbons (Fsp3) is 0.273. The number of benzene rings is 1. The fourth-order valence-corrected chi connectivity index (χ4v) is 4.18. The van der Waals surface area contributed by atoms with Crippen LogP contribution in [-0.2, 0) is 19.4 Å². The van der Waals surface area contributed by atoms with E-state index < -0.39 is 0 Å². The standard InChI is InChI=1S/C22H24N4OS/c23-22-25-19-10-14-26(15-11-21(19)28-22)13-5-8-18-20(9-4-12-24-18)27-16-17-6-2-1-3-7-17/h1-9,12H,10-11,13-16H2,(H2,23,25)/b8-5+. The van der Waals surface area contributed by atoms with Crippen LogP contribution in [0.1, 0.15) is 21.8 Å². The van der Waals surface area contributed by atoms with E-state index in [0.717, 1.165) is 49.5 Å². The molecule has 144 valence electrons. The first-order valence-electron chi connectivity index (χ1n) is 9.52. The Labute approximate surface area is 169 Å². The molecule has 4 rings (SSSR count). The van der Waals surface area contributed by atoms with E-state index in [2.05, 4.69) is 39.2 Å². The lowest BCUT2D eigenvalue weighted by molar-refractivity contribution is 0.304. The van der Waals surface area contributed by atoms with Crippen LogP contribution in [-0.4, -0.2) is 34.5 Å². The van der Waals surface area contributed by atoms with Crippen LogP contribution in [0.4, 0.5) is 5.13 Å². The van der Waals surface area contributed by atoms with Crippen molar-refractivity contribution < 1.29 is 4.74 Å². The topological polar surface area (TPSA) is 64.3 Å². The maximum absolute atomic E-state index is 5.98. The highest BCUT2D eigenvalue weighted by molar-refractivity contribution is 7.15. The lowest BCUT2D eigenvalue weighted by Gasteiger charge is -2.17. The van der Waals surface area contributed by atoms with Crippen LogP contribution in [0.25, 0.3) is 6.08 Å². The van der Waals surface area contributed by atoms with Gasteiger partial charge in [0.05, 0.1) is 5.69 Å². The van der Waals surface area contributed by atoms with Crippen molar-refractivity contribution in [2.75, 3.05) is 25.4 Å². The number of hydrogen-bond donors (Lipinski definition) is 1. The lowest BCUT2D eigenvalue weighted by atomic mass is 10.2. The number of ether oxygens (including phenoxy) is 1. The predicted molar refractivity (Wildman–Crippen MR) is 114 cm³/mol. The van der Waals surface area contributed by atoms with Gasteiger partial charge in [-0.2, -0.15) is 0 Å². The number of nitrogens with two attached hydrogens (primary N) is 1. The van der Waals surface area contributed by atoms with E-state index in [1.807, 2.05) is 30.3 Å². The Balaban J connectivity index is 1.34. The third kappa shape index (κ3) is 4.77. The molecule has 28 heavy (non-hydrogen) atoms. The molecule has 3 heterocycles. The second kappa shape index (κ2) is 8.99. The van der Waals surface area contributed by atoms with E-state index >= 15 is 0 Å². The normalized spacial score (nSPS) is 14.7. The number of fused-ring (bicyclic) bond motifs is 1. The van der Waals surface area contributed by atoms with E-state index in [1.165, 1.54) is 10.6 Å². The van der Waals surface area contributed by atoms with Crippen molar-refractivity contribution in [3.05, 3.63) is 76.6 Å². The van der Waals surface area contributed by atoms with Gasteiger partial charge in [-0.3, -0.25) is 9.88 Å². The quantitative estimate of drug-likeness (QED) is 0.691. The third-order valence-electron chi connectivity index (χ3n) is 4.79. The molecule has 2 aromatic heterocycles. The van der Waals surface area contributed by atoms with Crippen LogP contribution < -0.4 is 10.5 Å². The number of nitrogens with zero attached hydrogens (tertiary/aromatic N) is 3. The molecule has 5 nitrogen and oxygen atoms in total. The molecule has 0 amide bonds. The molecule has 1 aromatic carbocycles. The summed E-state index contributed by atoms with van der Waals surface area (Å²) >= 11 is 1.63. The van der Waals surface area contributed by atoms with E-state index in [9.17, 15) is 0 Å². The van der Waals surface area contributed by atoms with Crippen LogP contribution >= 0.6 is 11.3 Å². The van der Waals surface area contributed by atoms with Crippen molar-refractivity contribution in [3.8, 4) is 5.75 Å². The molecule has 0 radical (unpaired) electrons. The molecule has 0 unspecified atom stereocenters. The highest BCUT2D eigenvalue weighted by atomic mass is 32.1. The smallest absolute Gasteiger partial charge is 0.180 e. The van der Waals surface area contributed by atoms with Gasteiger partial charge in [0.1, 0.15) is 18.1 Å². The van der Waals surface area contributed by atoms with Gasteiger partial charge in [0.2, 0.25) is 0 Å². The van der Waals surface area contributed by atoms with Crippen LogP contribution in [0.2, 0.25) is 0 Å². The van der Waals surface area contributed by atoms with Crippen molar-refractivity contribution in [1.29, 1.82) is 0 Å². The number of hydrogen-bond acceptors (Lipinski definition) is 6. The van der Waals surface area contributed by atoms with E-state index in [-0.39, 0.29) is 0 Å². The van der Waals surface area contributed by atoms with Crippen molar-refractivity contribution in [1.82, 2.24) is 14.9 Å². The summed E-state index contributed by atoms with van der Waals surface area (Å²) in [6, 6.07) is 14.0. The zero-order valence-electron chi connectivity index (χ0n) is 15.8. The second-order valence-electron chi connectivity index (χ2n) is 6.79. The van der Waals surface area contributed by atoms with Crippen molar-refractivity contribution in [3.63, 3.8) is 0 Å². The van der Waals surface area contributed by atoms with Gasteiger partial charge in [-0.05, 0) is 30.2 Å². The number of aromatic nitrogens is 2. The summed E-state index contributed by atoms with van der Waals surface area (Å²) in [5.41, 5.74) is 9.01. The van der Waals surface area contributed by atoms with Gasteiger partial charge in [-0.15, -0.1) is 11.3 Å². The molecule has 1 aliphatic heterocycles. The van der Waals surface area contributed by atoms with E-state index in [1.54, 1.807) is 17.5 Å². The number of anilines is 1. The highest BCUT2D eigenvalue weighted by Gasteiger charge is 2.16. The summed E-state index contributed by atoms with van der Waals surface area (Å²) in [7, 11) is 0. The average Bonchev–Trinajstić information content (AvgIpc) is 2.98. The number of thiazole rings is 1. The molecule has 0 saturated carbocycles. The zero-order chi connectivity index (χ0) is 19.2. The van der Waals surface area contributed by atoms with Gasteiger partial charge >= 0.3 is 0 Å². The summed E-state index contributed by atoms with van der Waals surface area (Å²) in [5.74, 6) is 0.806. The Bertz CT molecular complexity index is 913. The Hall–Kier alpha value is -2.70. The van der Waals surface area contributed by atoms with E-state index in [4.69, 9.17) is 10.5 Å². The van der Waals surface area contributed by atoms with Gasteiger partial charge in [-0.25, -0.2) is 4.98 Å². The maximum Gasteiger partial charge on any atom is 0.180 e. The minimum atomic E-state index is 0.540. The Morgan fingerprint density at radius 1 is 1.11 bits per heavy atom. The first kappa shape index (κ1) is 18.7. The summed E-state index contributed by atoms with van der Waals surface area (Å²) < 4.78 is 5.98. The molecule has 0 atom stereocenters. The van der Waals surface area contributed by atoms with Gasteiger partial charge in [0, 0.05) is 37.1 Å². The molecule has 2 N–H and O–H groups in total. The molecule has 0 aliphatic carbocycles. The third-order valence-corrected chi connectivity index (χ3v) is 5.78. The molecular formula is C22H24N4OS. The average molecular weight is 393 g/mol. The molecule has 0 fully saturated rings.